The summed E-state index contributed by atoms with van der Waals surface area (Å²) in [5.74, 6) is 0. The van der Waals surface area contributed by atoms with Crippen LogP contribution in [0.1, 0.15) is 5.56 Å². The van der Waals surface area contributed by atoms with Gasteiger partial charge in [-0.3, -0.25) is 0 Å². The molecule has 2 aromatic rings. The Morgan fingerprint density at radius 2 is 1.88 bits per heavy atom. The molecule has 0 saturated carbocycles. The molecule has 0 aliphatic rings. The van der Waals surface area contributed by atoms with Gasteiger partial charge < -0.3 is 0 Å². The summed E-state index contributed by atoms with van der Waals surface area (Å²) in [4.78, 5) is 8.03. The van der Waals surface area contributed by atoms with Gasteiger partial charge in [-0.05, 0) is 24.6 Å². The lowest BCUT2D eigenvalue weighted by molar-refractivity contribution is 0.598. The largest absolute Gasteiger partial charge is 0.232 e. The van der Waals surface area contributed by atoms with Gasteiger partial charge in [0.1, 0.15) is 0 Å². The van der Waals surface area contributed by atoms with E-state index < -0.39 is 9.84 Å². The van der Waals surface area contributed by atoms with Crippen molar-refractivity contribution in [3.05, 3.63) is 28.9 Å². The standard InChI is InChI=1S/C10H9ClN2O2S/c1-6-3-4-7-8(5-6)13-10(9(11)12-7)16(2,14)15/h3-5H,1-2H3. The normalized spacial score (nSPS) is 11.9. The highest BCUT2D eigenvalue weighted by molar-refractivity contribution is 7.90. The molecule has 0 unspecified atom stereocenters. The van der Waals surface area contributed by atoms with Gasteiger partial charge in [-0.1, -0.05) is 17.7 Å². The number of halogens is 1. The van der Waals surface area contributed by atoms with E-state index in [9.17, 15) is 8.42 Å². The summed E-state index contributed by atoms with van der Waals surface area (Å²) in [7, 11) is -3.44. The third-order valence-corrected chi connectivity index (χ3v) is 3.46. The zero-order valence-electron chi connectivity index (χ0n) is 8.73. The molecule has 0 amide bonds. The molecule has 0 saturated heterocycles. The lowest BCUT2D eigenvalue weighted by Crippen LogP contribution is -2.03. The first-order valence-corrected chi connectivity index (χ1v) is 6.79. The van der Waals surface area contributed by atoms with Crippen LogP contribution in [0.25, 0.3) is 11.0 Å². The molecular formula is C10H9ClN2O2S. The first-order valence-electron chi connectivity index (χ1n) is 4.52. The number of hydrogen-bond acceptors (Lipinski definition) is 4. The van der Waals surface area contributed by atoms with Crippen molar-refractivity contribution in [3.63, 3.8) is 0 Å². The highest BCUT2D eigenvalue weighted by Crippen LogP contribution is 2.21. The minimum atomic E-state index is -3.44. The molecule has 16 heavy (non-hydrogen) atoms. The molecule has 4 nitrogen and oxygen atoms in total. The lowest BCUT2D eigenvalue weighted by Gasteiger charge is -2.03. The molecule has 1 aromatic heterocycles. The first-order chi connectivity index (χ1) is 7.38. The summed E-state index contributed by atoms with van der Waals surface area (Å²) in [5, 5.41) is -0.258. The van der Waals surface area contributed by atoms with Gasteiger partial charge in [0.15, 0.2) is 20.0 Å². The van der Waals surface area contributed by atoms with E-state index in [2.05, 4.69) is 9.97 Å². The van der Waals surface area contributed by atoms with E-state index in [1.807, 2.05) is 13.0 Å². The van der Waals surface area contributed by atoms with Crippen molar-refractivity contribution >= 4 is 32.5 Å². The molecule has 84 valence electrons. The summed E-state index contributed by atoms with van der Waals surface area (Å²) in [6.07, 6.45) is 1.06. The second-order valence-corrected chi connectivity index (χ2v) is 5.87. The van der Waals surface area contributed by atoms with Gasteiger partial charge in [-0.15, -0.1) is 0 Å². The Morgan fingerprint density at radius 3 is 2.50 bits per heavy atom. The van der Waals surface area contributed by atoms with Crippen LogP contribution in [0.4, 0.5) is 0 Å². The maximum Gasteiger partial charge on any atom is 0.195 e. The predicted molar refractivity (Wildman–Crippen MR) is 62.4 cm³/mol. The number of hydrogen-bond donors (Lipinski definition) is 0. The molecule has 1 aromatic carbocycles. The highest BCUT2D eigenvalue weighted by Gasteiger charge is 2.16. The summed E-state index contributed by atoms with van der Waals surface area (Å²) >= 11 is 5.77. The van der Waals surface area contributed by atoms with E-state index in [-0.39, 0.29) is 10.2 Å². The van der Waals surface area contributed by atoms with Crippen LogP contribution in [0.5, 0.6) is 0 Å². The van der Waals surface area contributed by atoms with Gasteiger partial charge in [-0.2, -0.15) is 0 Å². The fourth-order valence-electron chi connectivity index (χ4n) is 1.36. The summed E-state index contributed by atoms with van der Waals surface area (Å²) in [5.41, 5.74) is 2.11. The number of rotatable bonds is 1. The molecule has 0 radical (unpaired) electrons. The average molecular weight is 257 g/mol. The molecule has 1 heterocycles. The Bertz CT molecular complexity index is 668. The average Bonchev–Trinajstić information content (AvgIpc) is 2.16. The second kappa shape index (κ2) is 3.68. The van der Waals surface area contributed by atoms with Crippen LogP contribution < -0.4 is 0 Å². The molecular weight excluding hydrogens is 248 g/mol. The number of nitrogens with zero attached hydrogens (tertiary/aromatic N) is 2. The number of aromatic nitrogens is 2. The third-order valence-electron chi connectivity index (χ3n) is 2.10. The second-order valence-electron chi connectivity index (χ2n) is 3.58. The van der Waals surface area contributed by atoms with Crippen molar-refractivity contribution in [1.82, 2.24) is 9.97 Å². The van der Waals surface area contributed by atoms with Crippen molar-refractivity contribution in [3.8, 4) is 0 Å². The van der Waals surface area contributed by atoms with Crippen LogP contribution in [-0.4, -0.2) is 24.6 Å². The highest BCUT2D eigenvalue weighted by atomic mass is 35.5. The molecule has 2 rings (SSSR count). The molecule has 0 N–H and O–H groups in total. The van der Waals surface area contributed by atoms with E-state index in [4.69, 9.17) is 11.6 Å². The molecule has 0 bridgehead atoms. The van der Waals surface area contributed by atoms with Crippen LogP contribution in [0, 0.1) is 6.92 Å². The Labute approximate surface area is 98.2 Å². The van der Waals surface area contributed by atoms with Crippen LogP contribution in [-0.2, 0) is 9.84 Å². The van der Waals surface area contributed by atoms with Gasteiger partial charge in [0.25, 0.3) is 0 Å². The van der Waals surface area contributed by atoms with Crippen molar-refractivity contribution in [2.75, 3.05) is 6.26 Å². The Morgan fingerprint density at radius 1 is 1.19 bits per heavy atom. The van der Waals surface area contributed by atoms with Crippen molar-refractivity contribution in [2.45, 2.75) is 11.9 Å². The van der Waals surface area contributed by atoms with Crippen molar-refractivity contribution in [2.24, 2.45) is 0 Å². The summed E-state index contributed by atoms with van der Waals surface area (Å²) < 4.78 is 22.8. The topological polar surface area (TPSA) is 59.9 Å². The fraction of sp³-hybridized carbons (Fsp3) is 0.200. The van der Waals surface area contributed by atoms with Gasteiger partial charge in [0.05, 0.1) is 11.0 Å². The van der Waals surface area contributed by atoms with Crippen LogP contribution in [0.2, 0.25) is 5.15 Å². The first kappa shape index (κ1) is 11.3. The monoisotopic (exact) mass is 256 g/mol. The van der Waals surface area contributed by atoms with E-state index >= 15 is 0 Å². The van der Waals surface area contributed by atoms with E-state index in [0.717, 1.165) is 11.8 Å². The summed E-state index contributed by atoms with van der Waals surface area (Å²) in [6.45, 7) is 1.90. The van der Waals surface area contributed by atoms with Gasteiger partial charge in [0.2, 0.25) is 0 Å². The fourth-order valence-corrected chi connectivity index (χ4v) is 2.53. The van der Waals surface area contributed by atoms with Gasteiger partial charge in [0, 0.05) is 6.26 Å². The lowest BCUT2D eigenvalue weighted by atomic mass is 10.2. The van der Waals surface area contributed by atoms with Gasteiger partial charge in [-0.25, -0.2) is 18.4 Å². The van der Waals surface area contributed by atoms with E-state index in [0.29, 0.717) is 11.0 Å². The zero-order chi connectivity index (χ0) is 11.9. The zero-order valence-corrected chi connectivity index (χ0v) is 10.3. The maximum atomic E-state index is 11.4. The van der Waals surface area contributed by atoms with E-state index in [1.165, 1.54) is 0 Å². The number of benzene rings is 1. The van der Waals surface area contributed by atoms with E-state index in [1.54, 1.807) is 12.1 Å². The number of fused-ring (bicyclic) bond motifs is 1. The van der Waals surface area contributed by atoms with Crippen molar-refractivity contribution < 1.29 is 8.42 Å². The molecule has 0 aliphatic carbocycles. The number of sulfone groups is 1. The SMILES string of the molecule is Cc1ccc2nc(Cl)c(S(C)(=O)=O)nc2c1. The Kier molecular flexibility index (Phi) is 2.59. The maximum absolute atomic E-state index is 11.4. The number of aryl methyl sites for hydroxylation is 1. The molecule has 0 spiro atoms. The van der Waals surface area contributed by atoms with Crippen molar-refractivity contribution in [1.29, 1.82) is 0 Å². The van der Waals surface area contributed by atoms with Crippen LogP contribution >= 0.6 is 11.6 Å². The molecule has 0 aliphatic heterocycles. The Balaban J connectivity index is 2.84. The van der Waals surface area contributed by atoms with Crippen LogP contribution in [0.15, 0.2) is 23.2 Å². The minimum Gasteiger partial charge on any atom is -0.232 e. The third kappa shape index (κ3) is 2.01. The van der Waals surface area contributed by atoms with Gasteiger partial charge >= 0.3 is 0 Å². The van der Waals surface area contributed by atoms with Crippen LogP contribution in [0.3, 0.4) is 0 Å². The quantitative estimate of drug-likeness (QED) is 0.783. The molecule has 0 fully saturated rings. The predicted octanol–water partition coefficient (Wildman–Crippen LogP) is 2.00. The smallest absolute Gasteiger partial charge is 0.195 e. The molecule has 0 atom stereocenters. The molecule has 6 heteroatoms. The summed E-state index contributed by atoms with van der Waals surface area (Å²) in [6, 6.07) is 5.40. The Hall–Kier alpha value is -1.20. The minimum absolute atomic E-state index is 0.0844.